The lowest BCUT2D eigenvalue weighted by Crippen LogP contribution is -2.25. The van der Waals surface area contributed by atoms with Gasteiger partial charge in [-0.2, -0.15) is 0 Å². The van der Waals surface area contributed by atoms with Crippen LogP contribution in [0, 0.1) is 11.7 Å². The zero-order chi connectivity index (χ0) is 13.0. The first-order valence-corrected chi connectivity index (χ1v) is 6.94. The number of halogens is 1. The molecule has 1 unspecified atom stereocenters. The molecule has 18 heavy (non-hydrogen) atoms. The second kappa shape index (κ2) is 6.19. The second-order valence-corrected chi connectivity index (χ2v) is 5.35. The smallest absolute Gasteiger partial charge is 0.146 e. The Balaban J connectivity index is 2.12. The van der Waals surface area contributed by atoms with Gasteiger partial charge < -0.3 is 10.6 Å². The summed E-state index contributed by atoms with van der Waals surface area (Å²) in [7, 11) is 0. The van der Waals surface area contributed by atoms with Crippen molar-refractivity contribution in [1.29, 1.82) is 0 Å². The maximum atomic E-state index is 14.1. The SMILES string of the molecule is CC1CCCN(c2ccc(CCN)cc2F)CC1. The molecule has 1 aliphatic rings. The minimum absolute atomic E-state index is 0.101. The molecule has 2 rings (SSSR count). The van der Waals surface area contributed by atoms with Crippen LogP contribution in [-0.2, 0) is 6.42 Å². The predicted molar refractivity (Wildman–Crippen MR) is 74.4 cm³/mol. The zero-order valence-corrected chi connectivity index (χ0v) is 11.2. The van der Waals surface area contributed by atoms with E-state index in [1.807, 2.05) is 12.1 Å². The lowest BCUT2D eigenvalue weighted by molar-refractivity contribution is 0.520. The highest BCUT2D eigenvalue weighted by molar-refractivity contribution is 5.49. The van der Waals surface area contributed by atoms with Crippen molar-refractivity contribution in [1.82, 2.24) is 0 Å². The van der Waals surface area contributed by atoms with Crippen molar-refractivity contribution in [2.75, 3.05) is 24.5 Å². The molecule has 0 aromatic heterocycles. The number of benzene rings is 1. The van der Waals surface area contributed by atoms with Crippen molar-refractivity contribution in [3.8, 4) is 0 Å². The fraction of sp³-hybridized carbons (Fsp3) is 0.600. The van der Waals surface area contributed by atoms with E-state index in [9.17, 15) is 4.39 Å². The van der Waals surface area contributed by atoms with Crippen LogP contribution in [0.2, 0.25) is 0 Å². The Morgan fingerprint density at radius 3 is 2.89 bits per heavy atom. The molecule has 1 saturated heterocycles. The molecule has 1 fully saturated rings. The molecule has 1 aliphatic heterocycles. The second-order valence-electron chi connectivity index (χ2n) is 5.35. The van der Waals surface area contributed by atoms with E-state index in [0.29, 0.717) is 6.54 Å². The zero-order valence-electron chi connectivity index (χ0n) is 11.2. The first-order chi connectivity index (χ1) is 8.70. The van der Waals surface area contributed by atoms with Crippen molar-refractivity contribution in [3.05, 3.63) is 29.6 Å². The topological polar surface area (TPSA) is 29.3 Å². The molecule has 0 bridgehead atoms. The highest BCUT2D eigenvalue weighted by atomic mass is 19.1. The molecule has 1 atom stereocenters. The summed E-state index contributed by atoms with van der Waals surface area (Å²) in [5, 5.41) is 0. The first-order valence-electron chi connectivity index (χ1n) is 6.94. The summed E-state index contributed by atoms with van der Waals surface area (Å²) in [6.45, 7) is 4.79. The quantitative estimate of drug-likeness (QED) is 0.893. The molecule has 1 aromatic rings. The summed E-state index contributed by atoms with van der Waals surface area (Å²) >= 11 is 0. The van der Waals surface area contributed by atoms with E-state index in [-0.39, 0.29) is 5.82 Å². The fourth-order valence-electron chi connectivity index (χ4n) is 2.63. The van der Waals surface area contributed by atoms with Crippen LogP contribution in [0.5, 0.6) is 0 Å². The van der Waals surface area contributed by atoms with Gasteiger partial charge in [-0.3, -0.25) is 0 Å². The van der Waals surface area contributed by atoms with Crippen LogP contribution >= 0.6 is 0 Å². The number of hydrogen-bond donors (Lipinski definition) is 1. The van der Waals surface area contributed by atoms with E-state index in [2.05, 4.69) is 11.8 Å². The van der Waals surface area contributed by atoms with Gasteiger partial charge >= 0.3 is 0 Å². The summed E-state index contributed by atoms with van der Waals surface area (Å²) < 4.78 is 14.1. The van der Waals surface area contributed by atoms with E-state index in [4.69, 9.17) is 5.73 Å². The Bertz CT molecular complexity index is 392. The lowest BCUT2D eigenvalue weighted by atomic mass is 10.0. The molecule has 1 heterocycles. The fourth-order valence-corrected chi connectivity index (χ4v) is 2.63. The summed E-state index contributed by atoms with van der Waals surface area (Å²) in [6.07, 6.45) is 4.31. The van der Waals surface area contributed by atoms with Gasteiger partial charge in [0.05, 0.1) is 5.69 Å². The van der Waals surface area contributed by atoms with Crippen LogP contribution in [0.1, 0.15) is 31.7 Å². The van der Waals surface area contributed by atoms with Crippen LogP contribution in [-0.4, -0.2) is 19.6 Å². The van der Waals surface area contributed by atoms with Gasteiger partial charge in [-0.25, -0.2) is 4.39 Å². The predicted octanol–water partition coefficient (Wildman–Crippen LogP) is 2.95. The highest BCUT2D eigenvalue weighted by Crippen LogP contribution is 2.25. The molecule has 0 spiro atoms. The van der Waals surface area contributed by atoms with Gasteiger partial charge in [0.1, 0.15) is 5.82 Å². The largest absolute Gasteiger partial charge is 0.369 e. The third kappa shape index (κ3) is 3.22. The standard InChI is InChI=1S/C15H23FN2/c1-12-3-2-9-18(10-7-12)15-5-4-13(6-8-17)11-14(15)16/h4-5,11-12H,2-3,6-10,17H2,1H3. The Morgan fingerprint density at radius 2 is 2.17 bits per heavy atom. The monoisotopic (exact) mass is 250 g/mol. The lowest BCUT2D eigenvalue weighted by Gasteiger charge is -2.23. The summed E-state index contributed by atoms with van der Waals surface area (Å²) in [5.74, 6) is 0.657. The molecule has 100 valence electrons. The van der Waals surface area contributed by atoms with Crippen LogP contribution in [0.3, 0.4) is 0 Å². The number of nitrogens with two attached hydrogens (primary N) is 1. The third-order valence-corrected chi connectivity index (χ3v) is 3.80. The molecule has 0 radical (unpaired) electrons. The average molecular weight is 250 g/mol. The van der Waals surface area contributed by atoms with Gasteiger partial charge in [-0.15, -0.1) is 0 Å². The van der Waals surface area contributed by atoms with Crippen LogP contribution in [0.25, 0.3) is 0 Å². The van der Waals surface area contributed by atoms with Crippen molar-refractivity contribution in [2.45, 2.75) is 32.6 Å². The Morgan fingerprint density at radius 1 is 1.33 bits per heavy atom. The van der Waals surface area contributed by atoms with Crippen molar-refractivity contribution in [3.63, 3.8) is 0 Å². The molecule has 3 heteroatoms. The number of nitrogens with zero attached hydrogens (tertiary/aromatic N) is 1. The Kier molecular flexibility index (Phi) is 4.59. The van der Waals surface area contributed by atoms with Gasteiger partial charge in [0.15, 0.2) is 0 Å². The van der Waals surface area contributed by atoms with Gasteiger partial charge in [-0.1, -0.05) is 13.0 Å². The molecular formula is C15H23FN2. The van der Waals surface area contributed by atoms with E-state index < -0.39 is 0 Å². The molecule has 2 nitrogen and oxygen atoms in total. The minimum Gasteiger partial charge on any atom is -0.369 e. The van der Waals surface area contributed by atoms with Crippen LogP contribution in [0.4, 0.5) is 10.1 Å². The van der Waals surface area contributed by atoms with Gasteiger partial charge in [0.25, 0.3) is 0 Å². The summed E-state index contributed by atoms with van der Waals surface area (Å²) in [6, 6.07) is 5.55. The van der Waals surface area contributed by atoms with E-state index in [1.165, 1.54) is 6.42 Å². The van der Waals surface area contributed by atoms with E-state index in [0.717, 1.165) is 49.5 Å². The molecule has 1 aromatic carbocycles. The van der Waals surface area contributed by atoms with Crippen molar-refractivity contribution >= 4 is 5.69 Å². The number of rotatable bonds is 3. The maximum Gasteiger partial charge on any atom is 0.146 e. The molecular weight excluding hydrogens is 227 g/mol. The minimum atomic E-state index is -0.101. The first kappa shape index (κ1) is 13.3. The summed E-state index contributed by atoms with van der Waals surface area (Å²) in [4.78, 5) is 2.19. The molecule has 0 amide bonds. The van der Waals surface area contributed by atoms with Gasteiger partial charge in [0.2, 0.25) is 0 Å². The highest BCUT2D eigenvalue weighted by Gasteiger charge is 2.16. The molecule has 2 N–H and O–H groups in total. The third-order valence-electron chi connectivity index (χ3n) is 3.80. The van der Waals surface area contributed by atoms with Crippen LogP contribution < -0.4 is 10.6 Å². The van der Waals surface area contributed by atoms with Crippen molar-refractivity contribution in [2.24, 2.45) is 11.7 Å². The van der Waals surface area contributed by atoms with Crippen LogP contribution in [0.15, 0.2) is 18.2 Å². The summed E-state index contributed by atoms with van der Waals surface area (Å²) in [5.41, 5.74) is 7.24. The normalized spacial score (nSPS) is 20.8. The van der Waals surface area contributed by atoms with Crippen molar-refractivity contribution < 1.29 is 4.39 Å². The Labute approximate surface area is 109 Å². The van der Waals surface area contributed by atoms with E-state index >= 15 is 0 Å². The average Bonchev–Trinajstić information content (AvgIpc) is 2.55. The van der Waals surface area contributed by atoms with Gasteiger partial charge in [0, 0.05) is 13.1 Å². The van der Waals surface area contributed by atoms with Gasteiger partial charge in [-0.05, 0) is 55.8 Å². The van der Waals surface area contributed by atoms with E-state index in [1.54, 1.807) is 6.07 Å². The number of hydrogen-bond acceptors (Lipinski definition) is 2. The Hall–Kier alpha value is -1.09. The molecule has 0 aliphatic carbocycles. The maximum absolute atomic E-state index is 14.1. The molecule has 0 saturated carbocycles. The number of anilines is 1.